The number of ether oxygens (including phenoxy) is 2. The van der Waals surface area contributed by atoms with Gasteiger partial charge < -0.3 is 25.8 Å². The zero-order valence-electron chi connectivity index (χ0n) is 21.7. The Balaban J connectivity index is 1.73. The van der Waals surface area contributed by atoms with Gasteiger partial charge in [0, 0.05) is 32.5 Å². The largest absolute Gasteiger partial charge is 0.444 e. The molecule has 0 radical (unpaired) electrons. The van der Waals surface area contributed by atoms with Gasteiger partial charge >= 0.3 is 6.09 Å². The molecule has 1 atom stereocenters. The van der Waals surface area contributed by atoms with E-state index in [1.807, 2.05) is 43.3 Å². The number of nitrogens with two attached hydrogens (primary N) is 1. The van der Waals surface area contributed by atoms with Gasteiger partial charge in [-0.2, -0.15) is 5.26 Å². The van der Waals surface area contributed by atoms with Crippen LogP contribution < -0.4 is 16.4 Å². The van der Waals surface area contributed by atoms with Crippen LogP contribution in [0.3, 0.4) is 0 Å². The van der Waals surface area contributed by atoms with Gasteiger partial charge in [0.2, 0.25) is 11.8 Å². The number of primary amides is 1. The maximum atomic E-state index is 13.4. The van der Waals surface area contributed by atoms with Crippen molar-refractivity contribution in [2.45, 2.75) is 64.1 Å². The van der Waals surface area contributed by atoms with Crippen molar-refractivity contribution in [1.29, 1.82) is 5.26 Å². The Bertz CT molecular complexity index is 1190. The van der Waals surface area contributed by atoms with E-state index in [1.54, 1.807) is 26.8 Å². The van der Waals surface area contributed by atoms with Crippen molar-refractivity contribution in [2.75, 3.05) is 13.2 Å². The number of carbonyl (C=O) groups is 3. The third kappa shape index (κ3) is 7.30. The molecule has 9 nitrogen and oxygen atoms in total. The van der Waals surface area contributed by atoms with Crippen molar-refractivity contribution in [3.05, 3.63) is 59.2 Å². The highest BCUT2D eigenvalue weighted by Gasteiger charge is 2.43. The van der Waals surface area contributed by atoms with E-state index in [-0.39, 0.29) is 32.5 Å². The molecule has 0 saturated carbocycles. The molecule has 196 valence electrons. The standard InChI is InChI=1S/C28H34N4O5/c1-18-15-21(9-10-22(18)17-29)20-7-5-19(6-8-20)16-23(24(30)33)31-25(34)28(11-13-36-14-12-28)32-26(35)37-27(2,3)4/h5-10,15,23H,11-14,16H2,1-4H3,(H2,30,33)(H,31,34)(H,32,35). The number of hydrogen-bond donors (Lipinski definition) is 3. The minimum atomic E-state index is -1.27. The van der Waals surface area contributed by atoms with E-state index in [4.69, 9.17) is 20.5 Å². The topological polar surface area (TPSA) is 144 Å². The van der Waals surface area contributed by atoms with Gasteiger partial charge in [-0.15, -0.1) is 0 Å². The van der Waals surface area contributed by atoms with Crippen molar-refractivity contribution in [3.63, 3.8) is 0 Å². The Kier molecular flexibility index (Phi) is 8.56. The van der Waals surface area contributed by atoms with Crippen LogP contribution in [0, 0.1) is 18.3 Å². The number of benzene rings is 2. The van der Waals surface area contributed by atoms with E-state index in [0.29, 0.717) is 5.56 Å². The van der Waals surface area contributed by atoms with Crippen molar-refractivity contribution in [2.24, 2.45) is 5.73 Å². The number of amides is 3. The Hall–Kier alpha value is -3.90. The van der Waals surface area contributed by atoms with Crippen molar-refractivity contribution in [3.8, 4) is 17.2 Å². The number of hydrogen-bond acceptors (Lipinski definition) is 6. The van der Waals surface area contributed by atoms with Crippen LogP contribution in [0.2, 0.25) is 0 Å². The number of rotatable bonds is 7. The minimum absolute atomic E-state index is 0.187. The Morgan fingerprint density at radius 2 is 1.73 bits per heavy atom. The number of nitrogens with one attached hydrogen (secondary N) is 2. The molecule has 3 amide bonds. The van der Waals surface area contributed by atoms with E-state index < -0.39 is 35.1 Å². The molecule has 2 aromatic rings. The third-order valence-corrected chi connectivity index (χ3v) is 6.24. The molecule has 1 saturated heterocycles. The molecule has 0 aliphatic carbocycles. The van der Waals surface area contributed by atoms with E-state index in [0.717, 1.165) is 22.3 Å². The second-order valence-electron chi connectivity index (χ2n) is 10.3. The lowest BCUT2D eigenvalue weighted by molar-refractivity contribution is -0.135. The lowest BCUT2D eigenvalue weighted by Gasteiger charge is -2.37. The van der Waals surface area contributed by atoms with Gasteiger partial charge in [-0.3, -0.25) is 9.59 Å². The Morgan fingerprint density at radius 1 is 1.11 bits per heavy atom. The minimum Gasteiger partial charge on any atom is -0.444 e. The lowest BCUT2D eigenvalue weighted by atomic mass is 9.88. The molecule has 1 aliphatic rings. The summed E-state index contributed by atoms with van der Waals surface area (Å²) in [6.45, 7) is 7.65. The van der Waals surface area contributed by atoms with Gasteiger partial charge in [-0.1, -0.05) is 36.4 Å². The maximum Gasteiger partial charge on any atom is 0.408 e. The molecule has 0 aromatic heterocycles. The van der Waals surface area contributed by atoms with Crippen molar-refractivity contribution < 1.29 is 23.9 Å². The summed E-state index contributed by atoms with van der Waals surface area (Å²) in [5.74, 6) is -1.19. The molecule has 9 heteroatoms. The van der Waals surface area contributed by atoms with Crippen molar-refractivity contribution >= 4 is 17.9 Å². The molecular weight excluding hydrogens is 472 g/mol. The summed E-state index contributed by atoms with van der Waals surface area (Å²) in [7, 11) is 0. The van der Waals surface area contributed by atoms with Gasteiger partial charge in [0.05, 0.1) is 11.6 Å². The quantitative estimate of drug-likeness (QED) is 0.526. The highest BCUT2D eigenvalue weighted by atomic mass is 16.6. The summed E-state index contributed by atoms with van der Waals surface area (Å²) in [6.07, 6.45) is -0.0501. The average Bonchev–Trinajstić information content (AvgIpc) is 2.83. The fraction of sp³-hybridized carbons (Fsp3) is 0.429. The monoisotopic (exact) mass is 506 g/mol. The van der Waals surface area contributed by atoms with Gasteiger partial charge in [-0.05, 0) is 56.0 Å². The number of aryl methyl sites for hydroxylation is 1. The average molecular weight is 507 g/mol. The van der Waals surface area contributed by atoms with Crippen LogP contribution in [0.4, 0.5) is 4.79 Å². The van der Waals surface area contributed by atoms with Gasteiger partial charge in [0.15, 0.2) is 0 Å². The number of nitrogens with zero attached hydrogens (tertiary/aromatic N) is 1. The number of alkyl carbamates (subject to hydrolysis) is 1. The zero-order valence-corrected chi connectivity index (χ0v) is 21.7. The molecule has 1 heterocycles. The first-order chi connectivity index (χ1) is 17.4. The van der Waals surface area contributed by atoms with Crippen LogP contribution in [0.15, 0.2) is 42.5 Å². The number of carbonyl (C=O) groups excluding carboxylic acids is 3. The first kappa shape index (κ1) is 27.7. The van der Waals surface area contributed by atoms with Crippen molar-refractivity contribution in [1.82, 2.24) is 10.6 Å². The van der Waals surface area contributed by atoms with Crippen LogP contribution in [-0.2, 0) is 25.5 Å². The molecule has 4 N–H and O–H groups in total. The van der Waals surface area contributed by atoms with Crippen LogP contribution in [0.5, 0.6) is 0 Å². The predicted octanol–water partition coefficient (Wildman–Crippen LogP) is 3.12. The summed E-state index contributed by atoms with van der Waals surface area (Å²) in [5.41, 5.74) is 7.89. The van der Waals surface area contributed by atoms with Gasteiger partial charge in [0.1, 0.15) is 17.2 Å². The maximum absolute atomic E-state index is 13.4. The van der Waals surface area contributed by atoms with E-state index >= 15 is 0 Å². The normalized spacial score (nSPS) is 15.6. The highest BCUT2D eigenvalue weighted by Crippen LogP contribution is 2.25. The predicted molar refractivity (Wildman–Crippen MR) is 138 cm³/mol. The van der Waals surface area contributed by atoms with Gasteiger partial charge in [0.25, 0.3) is 0 Å². The second kappa shape index (κ2) is 11.4. The lowest BCUT2D eigenvalue weighted by Crippen LogP contribution is -2.64. The summed E-state index contributed by atoms with van der Waals surface area (Å²) in [5, 5.41) is 14.6. The Morgan fingerprint density at radius 3 is 2.27 bits per heavy atom. The fourth-order valence-electron chi connectivity index (χ4n) is 4.18. The Labute approximate surface area is 217 Å². The highest BCUT2D eigenvalue weighted by molar-refractivity contribution is 5.94. The molecule has 1 fully saturated rings. The molecule has 0 bridgehead atoms. The summed E-state index contributed by atoms with van der Waals surface area (Å²) in [4.78, 5) is 38.1. The summed E-state index contributed by atoms with van der Waals surface area (Å²) < 4.78 is 10.7. The first-order valence-corrected chi connectivity index (χ1v) is 12.2. The van der Waals surface area contributed by atoms with Crippen LogP contribution >= 0.6 is 0 Å². The molecule has 3 rings (SSSR count). The summed E-state index contributed by atoms with van der Waals surface area (Å²) >= 11 is 0. The molecule has 37 heavy (non-hydrogen) atoms. The molecular formula is C28H34N4O5. The molecule has 1 unspecified atom stereocenters. The van der Waals surface area contributed by atoms with Crippen LogP contribution in [0.25, 0.3) is 11.1 Å². The van der Waals surface area contributed by atoms with Crippen LogP contribution in [-0.4, -0.2) is 48.3 Å². The molecule has 1 aliphatic heterocycles. The van der Waals surface area contributed by atoms with Crippen LogP contribution in [0.1, 0.15) is 50.3 Å². The fourth-order valence-corrected chi connectivity index (χ4v) is 4.18. The van der Waals surface area contributed by atoms with E-state index in [9.17, 15) is 14.4 Å². The van der Waals surface area contributed by atoms with E-state index in [2.05, 4.69) is 16.7 Å². The van der Waals surface area contributed by atoms with E-state index in [1.165, 1.54) is 0 Å². The third-order valence-electron chi connectivity index (χ3n) is 6.24. The zero-order chi connectivity index (χ0) is 27.2. The molecule has 0 spiro atoms. The summed E-state index contributed by atoms with van der Waals surface area (Å²) in [6, 6.07) is 14.4. The number of nitriles is 1. The first-order valence-electron chi connectivity index (χ1n) is 12.2. The SMILES string of the molecule is Cc1cc(-c2ccc(CC(NC(=O)C3(NC(=O)OC(C)(C)C)CCOCC3)C(N)=O)cc2)ccc1C#N. The second-order valence-corrected chi connectivity index (χ2v) is 10.3. The smallest absolute Gasteiger partial charge is 0.408 e. The van der Waals surface area contributed by atoms with Gasteiger partial charge in [-0.25, -0.2) is 4.79 Å². The molecule has 2 aromatic carbocycles.